The fraction of sp³-hybridized carbons (Fsp3) is 0.438. The van der Waals surface area contributed by atoms with Crippen molar-refractivity contribution >= 4 is 0 Å². The summed E-state index contributed by atoms with van der Waals surface area (Å²) in [5.74, 6) is 0.849. The van der Waals surface area contributed by atoms with E-state index in [4.69, 9.17) is 0 Å². The number of hydrogen-bond acceptors (Lipinski definition) is 2. The smallest absolute Gasteiger partial charge is 0.128 e. The van der Waals surface area contributed by atoms with Crippen molar-refractivity contribution in [2.24, 2.45) is 0 Å². The highest BCUT2D eigenvalue weighted by Crippen LogP contribution is 2.20. The van der Waals surface area contributed by atoms with Crippen molar-refractivity contribution in [3.63, 3.8) is 0 Å². The van der Waals surface area contributed by atoms with Crippen LogP contribution in [0.4, 0.5) is 4.39 Å². The summed E-state index contributed by atoms with van der Waals surface area (Å²) in [5.41, 5.74) is 1.87. The van der Waals surface area contributed by atoms with Crippen LogP contribution in [0.25, 0.3) is 0 Å². The van der Waals surface area contributed by atoms with Crippen LogP contribution in [0, 0.1) is 5.82 Å². The number of hydrogen-bond donors (Lipinski definition) is 1. The van der Waals surface area contributed by atoms with Gasteiger partial charge in [-0.2, -0.15) is 0 Å². The van der Waals surface area contributed by atoms with Crippen molar-refractivity contribution in [2.75, 3.05) is 0 Å². The molecule has 20 heavy (non-hydrogen) atoms. The van der Waals surface area contributed by atoms with E-state index in [2.05, 4.69) is 17.2 Å². The number of aryl methyl sites for hydroxylation is 1. The van der Waals surface area contributed by atoms with Gasteiger partial charge in [0.05, 0.1) is 6.54 Å². The Labute approximate surface area is 118 Å². The second-order valence-electron chi connectivity index (χ2n) is 5.41. The van der Waals surface area contributed by atoms with Crippen LogP contribution in [-0.2, 0) is 19.5 Å². The first-order valence-corrected chi connectivity index (χ1v) is 7.27. The van der Waals surface area contributed by atoms with Crippen molar-refractivity contribution in [3.05, 3.63) is 53.4 Å². The molecule has 1 aliphatic rings. The molecule has 3 rings (SSSR count). The third-order valence-corrected chi connectivity index (χ3v) is 3.74. The Hall–Kier alpha value is -1.68. The van der Waals surface area contributed by atoms with Crippen LogP contribution < -0.4 is 5.32 Å². The molecule has 3 nitrogen and oxygen atoms in total. The molecule has 1 fully saturated rings. The van der Waals surface area contributed by atoms with Gasteiger partial charge in [0.1, 0.15) is 11.6 Å². The molecule has 4 heteroatoms. The van der Waals surface area contributed by atoms with E-state index < -0.39 is 0 Å². The summed E-state index contributed by atoms with van der Waals surface area (Å²) in [6.45, 7) is 3.43. The van der Waals surface area contributed by atoms with Crippen LogP contribution in [0.3, 0.4) is 0 Å². The second kappa shape index (κ2) is 5.75. The molecule has 106 valence electrons. The predicted molar refractivity (Wildman–Crippen MR) is 77.0 cm³/mol. The van der Waals surface area contributed by atoms with Crippen molar-refractivity contribution in [2.45, 2.75) is 45.3 Å². The van der Waals surface area contributed by atoms with Gasteiger partial charge in [0.15, 0.2) is 0 Å². The fourth-order valence-electron chi connectivity index (χ4n) is 2.39. The van der Waals surface area contributed by atoms with E-state index in [-0.39, 0.29) is 5.82 Å². The Morgan fingerprint density at radius 3 is 3.00 bits per heavy atom. The van der Waals surface area contributed by atoms with Gasteiger partial charge in [0.25, 0.3) is 0 Å². The normalized spacial score (nSPS) is 14.7. The lowest BCUT2D eigenvalue weighted by atomic mass is 10.1. The minimum atomic E-state index is -0.143. The highest BCUT2D eigenvalue weighted by Gasteiger charge is 2.20. The molecule has 1 heterocycles. The van der Waals surface area contributed by atoms with Crippen LogP contribution in [0.5, 0.6) is 0 Å². The highest BCUT2D eigenvalue weighted by molar-refractivity contribution is 5.26. The standard InChI is InChI=1S/C16H20FN3/c1-2-16-18-7-8-20(16)11-13-9-12(3-6-15(13)17)10-19-14-4-5-14/h3,6-9,14,19H,2,4-5,10-11H2,1H3. The Kier molecular flexibility index (Phi) is 3.83. The van der Waals surface area contributed by atoms with Crippen LogP contribution in [-0.4, -0.2) is 15.6 Å². The fourth-order valence-corrected chi connectivity index (χ4v) is 2.39. The number of halogens is 1. The lowest BCUT2D eigenvalue weighted by Gasteiger charge is -2.10. The molecule has 0 unspecified atom stereocenters. The summed E-state index contributed by atoms with van der Waals surface area (Å²) in [6, 6.07) is 6.07. The van der Waals surface area contributed by atoms with Crippen molar-refractivity contribution in [1.29, 1.82) is 0 Å². The number of nitrogens with zero attached hydrogens (tertiary/aromatic N) is 2. The van der Waals surface area contributed by atoms with E-state index in [1.807, 2.05) is 22.9 Å². The molecule has 2 aromatic rings. The van der Waals surface area contributed by atoms with Gasteiger partial charge in [-0.05, 0) is 30.5 Å². The molecule has 0 bridgehead atoms. The quantitative estimate of drug-likeness (QED) is 0.877. The third kappa shape index (κ3) is 3.07. The maximum Gasteiger partial charge on any atom is 0.128 e. The van der Waals surface area contributed by atoms with Gasteiger partial charge in [-0.15, -0.1) is 0 Å². The van der Waals surface area contributed by atoms with E-state index in [0.717, 1.165) is 29.9 Å². The van der Waals surface area contributed by atoms with Gasteiger partial charge in [-0.3, -0.25) is 0 Å². The molecule has 0 aliphatic heterocycles. The largest absolute Gasteiger partial charge is 0.330 e. The molecule has 0 atom stereocenters. The first-order valence-electron chi connectivity index (χ1n) is 7.27. The summed E-state index contributed by atoms with van der Waals surface area (Å²) >= 11 is 0. The molecule has 1 saturated carbocycles. The molecule has 0 saturated heterocycles. The first kappa shape index (κ1) is 13.3. The first-order chi connectivity index (χ1) is 9.76. The molecule has 1 aliphatic carbocycles. The Morgan fingerprint density at radius 2 is 2.25 bits per heavy atom. The highest BCUT2D eigenvalue weighted by atomic mass is 19.1. The van der Waals surface area contributed by atoms with E-state index >= 15 is 0 Å². The number of rotatable bonds is 6. The summed E-state index contributed by atoms with van der Waals surface area (Å²) < 4.78 is 16.0. The van der Waals surface area contributed by atoms with Crippen LogP contribution in [0.2, 0.25) is 0 Å². The summed E-state index contributed by atoms with van der Waals surface area (Å²) in [7, 11) is 0. The maximum absolute atomic E-state index is 14.0. The van der Waals surface area contributed by atoms with Crippen LogP contribution >= 0.6 is 0 Å². The van der Waals surface area contributed by atoms with E-state index in [1.165, 1.54) is 12.8 Å². The number of nitrogens with one attached hydrogen (secondary N) is 1. The topological polar surface area (TPSA) is 29.9 Å². The summed E-state index contributed by atoms with van der Waals surface area (Å²) in [6.07, 6.45) is 7.08. The molecule has 0 spiro atoms. The van der Waals surface area contributed by atoms with Gasteiger partial charge in [-0.25, -0.2) is 9.37 Å². The van der Waals surface area contributed by atoms with Crippen molar-refractivity contribution in [3.8, 4) is 0 Å². The average molecular weight is 273 g/mol. The number of benzene rings is 1. The second-order valence-corrected chi connectivity index (χ2v) is 5.41. The monoisotopic (exact) mass is 273 g/mol. The zero-order chi connectivity index (χ0) is 13.9. The van der Waals surface area contributed by atoms with Gasteiger partial charge < -0.3 is 9.88 Å². The zero-order valence-corrected chi connectivity index (χ0v) is 11.8. The Balaban J connectivity index is 1.75. The van der Waals surface area contributed by atoms with E-state index in [9.17, 15) is 4.39 Å². The molecular formula is C16H20FN3. The lowest BCUT2D eigenvalue weighted by molar-refractivity contribution is 0.591. The van der Waals surface area contributed by atoms with Crippen LogP contribution in [0.15, 0.2) is 30.6 Å². The SMILES string of the molecule is CCc1nccn1Cc1cc(CNC2CC2)ccc1F. The summed E-state index contributed by atoms with van der Waals surface area (Å²) in [4.78, 5) is 4.28. The van der Waals surface area contributed by atoms with Gasteiger partial charge >= 0.3 is 0 Å². The molecule has 0 radical (unpaired) electrons. The zero-order valence-electron chi connectivity index (χ0n) is 11.8. The van der Waals surface area contributed by atoms with Gasteiger partial charge in [-0.1, -0.05) is 13.0 Å². The van der Waals surface area contributed by atoms with Crippen LogP contribution in [0.1, 0.15) is 36.7 Å². The van der Waals surface area contributed by atoms with Crippen molar-refractivity contribution < 1.29 is 4.39 Å². The Morgan fingerprint density at radius 1 is 1.40 bits per heavy atom. The molecule has 1 N–H and O–H groups in total. The third-order valence-electron chi connectivity index (χ3n) is 3.74. The number of aromatic nitrogens is 2. The molecule has 1 aromatic heterocycles. The molecule has 1 aromatic carbocycles. The molecular weight excluding hydrogens is 253 g/mol. The van der Waals surface area contributed by atoms with E-state index in [1.54, 1.807) is 12.3 Å². The minimum Gasteiger partial charge on any atom is -0.330 e. The lowest BCUT2D eigenvalue weighted by Crippen LogP contribution is -2.15. The Bertz CT molecular complexity index is 587. The average Bonchev–Trinajstić information content (AvgIpc) is 3.18. The molecule has 0 amide bonds. The minimum absolute atomic E-state index is 0.143. The predicted octanol–water partition coefficient (Wildman–Crippen LogP) is 2.88. The van der Waals surface area contributed by atoms with Gasteiger partial charge in [0.2, 0.25) is 0 Å². The van der Waals surface area contributed by atoms with E-state index in [0.29, 0.717) is 12.6 Å². The summed E-state index contributed by atoms with van der Waals surface area (Å²) in [5, 5.41) is 3.46. The number of imidazole rings is 1. The van der Waals surface area contributed by atoms with Gasteiger partial charge in [0, 0.05) is 37.0 Å². The van der Waals surface area contributed by atoms with Crippen molar-refractivity contribution in [1.82, 2.24) is 14.9 Å². The maximum atomic E-state index is 14.0.